The largest absolute Gasteiger partial charge is 0.383 e. The Bertz CT molecular complexity index is 963. The predicted octanol–water partition coefficient (Wildman–Crippen LogP) is 3.68. The zero-order valence-electron chi connectivity index (χ0n) is 15.6. The van der Waals surface area contributed by atoms with E-state index in [4.69, 9.17) is 16.3 Å². The minimum atomic E-state index is -0.196. The summed E-state index contributed by atoms with van der Waals surface area (Å²) >= 11 is 7.29. The third kappa shape index (κ3) is 5.09. The fourth-order valence-electron chi connectivity index (χ4n) is 2.57. The molecule has 146 valence electrons. The van der Waals surface area contributed by atoms with Crippen molar-refractivity contribution in [2.75, 3.05) is 24.8 Å². The van der Waals surface area contributed by atoms with Gasteiger partial charge in [-0.25, -0.2) is 4.98 Å². The Hall–Kier alpha value is -2.42. The SMILES string of the molecule is COCCn1c(SCC(=O)Nc2cccnc2Cl)nnc1-c1cccc(C)c1. The van der Waals surface area contributed by atoms with Crippen LogP contribution in [0.1, 0.15) is 5.56 Å². The van der Waals surface area contributed by atoms with Gasteiger partial charge in [0.2, 0.25) is 5.91 Å². The Morgan fingerprint density at radius 1 is 1.29 bits per heavy atom. The summed E-state index contributed by atoms with van der Waals surface area (Å²) in [6.45, 7) is 3.13. The van der Waals surface area contributed by atoms with Crippen molar-refractivity contribution < 1.29 is 9.53 Å². The molecule has 1 aromatic carbocycles. The first-order chi connectivity index (χ1) is 13.6. The molecule has 2 heterocycles. The maximum absolute atomic E-state index is 12.3. The lowest BCUT2D eigenvalue weighted by Crippen LogP contribution is -2.15. The van der Waals surface area contributed by atoms with Gasteiger partial charge in [-0.2, -0.15) is 0 Å². The second-order valence-corrected chi connectivity index (χ2v) is 7.30. The van der Waals surface area contributed by atoms with Crippen LogP contribution >= 0.6 is 23.4 Å². The molecule has 0 fully saturated rings. The number of thioether (sulfide) groups is 1. The number of nitrogens with zero attached hydrogens (tertiary/aromatic N) is 4. The molecule has 0 aliphatic heterocycles. The van der Waals surface area contributed by atoms with Gasteiger partial charge in [-0.05, 0) is 25.1 Å². The van der Waals surface area contributed by atoms with Crippen LogP contribution in [-0.4, -0.2) is 45.1 Å². The van der Waals surface area contributed by atoms with E-state index in [1.807, 2.05) is 29.7 Å². The first-order valence-electron chi connectivity index (χ1n) is 8.61. The molecule has 0 saturated heterocycles. The number of benzene rings is 1. The predicted molar refractivity (Wildman–Crippen MR) is 111 cm³/mol. The summed E-state index contributed by atoms with van der Waals surface area (Å²) in [6.07, 6.45) is 1.57. The fourth-order valence-corrected chi connectivity index (χ4v) is 3.50. The van der Waals surface area contributed by atoms with Crippen molar-refractivity contribution in [3.63, 3.8) is 0 Å². The molecule has 9 heteroatoms. The number of nitrogens with one attached hydrogen (secondary N) is 1. The van der Waals surface area contributed by atoms with E-state index in [-0.39, 0.29) is 16.8 Å². The number of anilines is 1. The number of hydrogen-bond acceptors (Lipinski definition) is 6. The molecule has 1 N–H and O–H groups in total. The number of rotatable bonds is 8. The number of ether oxygens (including phenoxy) is 1. The summed E-state index contributed by atoms with van der Waals surface area (Å²) in [4.78, 5) is 16.2. The number of hydrogen-bond donors (Lipinski definition) is 1. The van der Waals surface area contributed by atoms with Crippen LogP contribution in [-0.2, 0) is 16.1 Å². The van der Waals surface area contributed by atoms with Crippen LogP contribution in [0.5, 0.6) is 0 Å². The Labute approximate surface area is 172 Å². The molecule has 0 saturated carbocycles. The molecule has 0 spiro atoms. The maximum Gasteiger partial charge on any atom is 0.234 e. The number of amides is 1. The molecule has 3 aromatic rings. The van der Waals surface area contributed by atoms with Crippen molar-refractivity contribution in [1.82, 2.24) is 19.7 Å². The first kappa shape index (κ1) is 20.3. The average Bonchev–Trinajstić information content (AvgIpc) is 3.09. The van der Waals surface area contributed by atoms with Crippen LogP contribution in [0.15, 0.2) is 47.8 Å². The van der Waals surface area contributed by atoms with Gasteiger partial charge < -0.3 is 10.1 Å². The van der Waals surface area contributed by atoms with E-state index in [1.54, 1.807) is 25.4 Å². The highest BCUT2D eigenvalue weighted by Gasteiger charge is 2.16. The molecule has 0 atom stereocenters. The van der Waals surface area contributed by atoms with Crippen LogP contribution in [0.3, 0.4) is 0 Å². The lowest BCUT2D eigenvalue weighted by molar-refractivity contribution is -0.113. The van der Waals surface area contributed by atoms with Crippen molar-refractivity contribution in [3.8, 4) is 11.4 Å². The van der Waals surface area contributed by atoms with Crippen molar-refractivity contribution in [2.45, 2.75) is 18.6 Å². The Morgan fingerprint density at radius 2 is 2.14 bits per heavy atom. The van der Waals surface area contributed by atoms with Gasteiger partial charge in [0, 0.05) is 18.9 Å². The molecule has 0 bridgehead atoms. The minimum absolute atomic E-state index is 0.171. The van der Waals surface area contributed by atoms with E-state index in [1.165, 1.54) is 11.8 Å². The van der Waals surface area contributed by atoms with Crippen LogP contribution in [0.25, 0.3) is 11.4 Å². The molecule has 0 radical (unpaired) electrons. The number of halogens is 1. The molecule has 28 heavy (non-hydrogen) atoms. The number of methoxy groups -OCH3 is 1. The molecule has 0 unspecified atom stereocenters. The van der Waals surface area contributed by atoms with Crippen molar-refractivity contribution in [2.24, 2.45) is 0 Å². The molecule has 2 aromatic heterocycles. The molecule has 1 amide bonds. The van der Waals surface area contributed by atoms with E-state index in [0.717, 1.165) is 17.0 Å². The summed E-state index contributed by atoms with van der Waals surface area (Å²) < 4.78 is 7.18. The third-order valence-electron chi connectivity index (χ3n) is 3.88. The van der Waals surface area contributed by atoms with E-state index in [2.05, 4.69) is 26.6 Å². The summed E-state index contributed by atoms with van der Waals surface area (Å²) in [6, 6.07) is 11.5. The van der Waals surface area contributed by atoms with Gasteiger partial charge in [0.1, 0.15) is 0 Å². The van der Waals surface area contributed by atoms with Crippen LogP contribution in [0.4, 0.5) is 5.69 Å². The third-order valence-corrected chi connectivity index (χ3v) is 5.15. The van der Waals surface area contributed by atoms with Crippen molar-refractivity contribution in [3.05, 3.63) is 53.3 Å². The topological polar surface area (TPSA) is 81.9 Å². The van der Waals surface area contributed by atoms with E-state index >= 15 is 0 Å². The number of carbonyl (C=O) groups excluding carboxylic acids is 1. The van der Waals surface area contributed by atoms with E-state index in [0.29, 0.717) is 24.0 Å². The summed E-state index contributed by atoms with van der Waals surface area (Å²) in [5, 5.41) is 12.3. The maximum atomic E-state index is 12.3. The Kier molecular flexibility index (Phi) is 7.02. The highest BCUT2D eigenvalue weighted by molar-refractivity contribution is 7.99. The lowest BCUT2D eigenvalue weighted by Gasteiger charge is -2.10. The smallest absolute Gasteiger partial charge is 0.234 e. The minimum Gasteiger partial charge on any atom is -0.383 e. The van der Waals surface area contributed by atoms with Crippen molar-refractivity contribution >= 4 is 35.0 Å². The standard InChI is InChI=1S/C19H20ClN5O2S/c1-13-5-3-6-14(11-13)18-23-24-19(25(18)9-10-27-2)28-12-16(26)22-15-7-4-8-21-17(15)20/h3-8,11H,9-10,12H2,1-2H3,(H,22,26). The van der Waals surface area contributed by atoms with Crippen molar-refractivity contribution in [1.29, 1.82) is 0 Å². The van der Waals surface area contributed by atoms with E-state index in [9.17, 15) is 4.79 Å². The normalized spacial score (nSPS) is 10.8. The second-order valence-electron chi connectivity index (χ2n) is 6.00. The van der Waals surface area contributed by atoms with Crippen LogP contribution in [0.2, 0.25) is 5.15 Å². The summed E-state index contributed by atoms with van der Waals surface area (Å²) in [5.41, 5.74) is 2.60. The molecule has 0 aliphatic rings. The van der Waals surface area contributed by atoms with Gasteiger partial charge in [0.25, 0.3) is 0 Å². The van der Waals surface area contributed by atoms with Gasteiger partial charge in [-0.1, -0.05) is 47.1 Å². The number of aromatic nitrogens is 4. The van der Waals surface area contributed by atoms with Gasteiger partial charge >= 0.3 is 0 Å². The number of pyridine rings is 1. The highest BCUT2D eigenvalue weighted by Crippen LogP contribution is 2.25. The van der Waals surface area contributed by atoms with Crippen LogP contribution < -0.4 is 5.32 Å². The molecule has 3 rings (SSSR count). The fraction of sp³-hybridized carbons (Fsp3) is 0.263. The van der Waals surface area contributed by atoms with Gasteiger partial charge in [0.05, 0.1) is 24.6 Å². The highest BCUT2D eigenvalue weighted by atomic mass is 35.5. The number of aryl methyl sites for hydroxylation is 1. The van der Waals surface area contributed by atoms with Gasteiger partial charge in [-0.3, -0.25) is 9.36 Å². The van der Waals surface area contributed by atoms with Gasteiger partial charge in [-0.15, -0.1) is 10.2 Å². The molecule has 0 aliphatic carbocycles. The monoisotopic (exact) mass is 417 g/mol. The Morgan fingerprint density at radius 3 is 2.89 bits per heavy atom. The lowest BCUT2D eigenvalue weighted by atomic mass is 10.1. The van der Waals surface area contributed by atoms with Crippen LogP contribution in [0, 0.1) is 6.92 Å². The number of carbonyl (C=O) groups is 1. The van der Waals surface area contributed by atoms with E-state index < -0.39 is 0 Å². The average molecular weight is 418 g/mol. The first-order valence-corrected chi connectivity index (χ1v) is 9.97. The van der Waals surface area contributed by atoms with Gasteiger partial charge in [0.15, 0.2) is 16.1 Å². The molecular weight excluding hydrogens is 398 g/mol. The zero-order valence-corrected chi connectivity index (χ0v) is 17.1. The molecule has 7 nitrogen and oxygen atoms in total. The summed E-state index contributed by atoms with van der Waals surface area (Å²) in [5.74, 6) is 0.724. The second kappa shape index (κ2) is 9.68. The molecular formula is C19H20ClN5O2S. The quantitative estimate of drug-likeness (QED) is 0.444. The Balaban J connectivity index is 1.74. The zero-order chi connectivity index (χ0) is 19.9. The summed E-state index contributed by atoms with van der Waals surface area (Å²) in [7, 11) is 1.65.